The number of amides is 3. The summed E-state index contributed by atoms with van der Waals surface area (Å²) in [5.74, 6) is 4.71. The van der Waals surface area contributed by atoms with E-state index in [4.69, 9.17) is 5.84 Å². The fraction of sp³-hybridized carbons (Fsp3) is 0.154. The minimum absolute atomic E-state index is 0.0947. The third kappa shape index (κ3) is 2.41. The molecule has 0 bridgehead atoms. The molecule has 0 radical (unpaired) electrons. The number of hydrogen-bond acceptors (Lipinski definition) is 6. The van der Waals surface area contributed by atoms with E-state index >= 15 is 0 Å². The molecule has 1 aromatic heterocycles. The Morgan fingerprint density at radius 2 is 2.10 bits per heavy atom. The molecule has 0 atom stereocenters. The summed E-state index contributed by atoms with van der Waals surface area (Å²) in [6.45, 7) is 0.0947. The lowest BCUT2D eigenvalue weighted by molar-refractivity contribution is -0.125. The molecular formula is C13H11N3O3S2. The highest BCUT2D eigenvalue weighted by Gasteiger charge is 2.32. The Morgan fingerprint density at radius 3 is 2.76 bits per heavy atom. The summed E-state index contributed by atoms with van der Waals surface area (Å²) in [5, 5.41) is 0.577. The summed E-state index contributed by atoms with van der Waals surface area (Å²) in [7, 11) is 0. The van der Waals surface area contributed by atoms with Crippen molar-refractivity contribution in [1.29, 1.82) is 0 Å². The number of rotatable bonds is 3. The van der Waals surface area contributed by atoms with E-state index in [-0.39, 0.29) is 23.4 Å². The molecule has 1 aliphatic rings. The Kier molecular flexibility index (Phi) is 3.66. The van der Waals surface area contributed by atoms with Gasteiger partial charge in [0, 0.05) is 10.3 Å². The van der Waals surface area contributed by atoms with Crippen LogP contribution < -0.4 is 11.3 Å². The van der Waals surface area contributed by atoms with Crippen molar-refractivity contribution in [2.45, 2.75) is 6.54 Å². The first kappa shape index (κ1) is 14.1. The molecule has 0 saturated carbocycles. The van der Waals surface area contributed by atoms with Crippen LogP contribution in [-0.4, -0.2) is 27.7 Å². The number of nitrogens with zero attached hydrogens (tertiary/aromatic N) is 1. The molecule has 1 aromatic carbocycles. The highest BCUT2D eigenvalue weighted by molar-refractivity contribution is 8.14. The second-order valence-electron chi connectivity index (χ2n) is 4.41. The van der Waals surface area contributed by atoms with Gasteiger partial charge in [0.25, 0.3) is 11.1 Å². The zero-order valence-electron chi connectivity index (χ0n) is 10.8. The van der Waals surface area contributed by atoms with Crippen LogP contribution in [-0.2, 0) is 11.3 Å². The van der Waals surface area contributed by atoms with E-state index in [0.29, 0.717) is 10.4 Å². The van der Waals surface area contributed by atoms with Gasteiger partial charge in [0.15, 0.2) is 0 Å². The number of fused-ring (bicyclic) bond motifs is 1. The summed E-state index contributed by atoms with van der Waals surface area (Å²) in [5.41, 5.74) is 2.76. The largest absolute Gasteiger partial charge is 0.289 e. The smallest absolute Gasteiger partial charge is 0.289 e. The van der Waals surface area contributed by atoms with E-state index in [0.717, 1.165) is 21.8 Å². The molecule has 8 heteroatoms. The molecule has 1 saturated heterocycles. The molecular weight excluding hydrogens is 310 g/mol. The van der Waals surface area contributed by atoms with Crippen LogP contribution in [0.1, 0.15) is 15.2 Å². The predicted octanol–water partition coefficient (Wildman–Crippen LogP) is 1.70. The monoisotopic (exact) mass is 321 g/mol. The maximum atomic E-state index is 11.9. The van der Waals surface area contributed by atoms with Crippen LogP contribution in [0.25, 0.3) is 10.1 Å². The molecule has 0 aliphatic carbocycles. The van der Waals surface area contributed by atoms with Gasteiger partial charge in [-0.25, -0.2) is 5.84 Å². The third-order valence-electron chi connectivity index (χ3n) is 3.19. The van der Waals surface area contributed by atoms with Crippen molar-refractivity contribution in [3.05, 3.63) is 34.7 Å². The van der Waals surface area contributed by atoms with E-state index in [2.05, 4.69) is 5.43 Å². The second-order valence-corrected chi connectivity index (χ2v) is 6.39. The molecule has 0 unspecified atom stereocenters. The average Bonchev–Trinajstić information content (AvgIpc) is 3.02. The summed E-state index contributed by atoms with van der Waals surface area (Å²) in [6.07, 6.45) is 0. The number of thiophene rings is 1. The van der Waals surface area contributed by atoms with E-state index in [1.807, 2.05) is 24.3 Å². The number of hydrogen-bond donors (Lipinski definition) is 2. The van der Waals surface area contributed by atoms with E-state index < -0.39 is 5.91 Å². The highest BCUT2D eigenvalue weighted by Crippen LogP contribution is 2.33. The van der Waals surface area contributed by atoms with Crippen LogP contribution in [0.2, 0.25) is 0 Å². The quantitative estimate of drug-likeness (QED) is 0.510. The third-order valence-corrected chi connectivity index (χ3v) is 5.26. The fourth-order valence-electron chi connectivity index (χ4n) is 2.20. The van der Waals surface area contributed by atoms with Gasteiger partial charge in [-0.2, -0.15) is 0 Å². The molecule has 1 aliphatic heterocycles. The van der Waals surface area contributed by atoms with Gasteiger partial charge < -0.3 is 0 Å². The lowest BCUT2D eigenvalue weighted by Gasteiger charge is -2.13. The standard InChI is InChI=1S/C13H11N3O3S2/c14-15-12(18)11-8(5-16-10(17)6-20-13(16)19)7-3-1-2-4-9(7)21-11/h1-4H,5-6,14H2,(H,15,18). The van der Waals surface area contributed by atoms with Gasteiger partial charge in [-0.05, 0) is 11.5 Å². The number of thioether (sulfide) groups is 1. The molecule has 1 fully saturated rings. The summed E-state index contributed by atoms with van der Waals surface area (Å²) < 4.78 is 0.915. The lowest BCUT2D eigenvalue weighted by Crippen LogP contribution is -2.32. The molecule has 21 heavy (non-hydrogen) atoms. The zero-order chi connectivity index (χ0) is 15.0. The zero-order valence-corrected chi connectivity index (χ0v) is 12.4. The molecule has 3 rings (SSSR count). The van der Waals surface area contributed by atoms with Gasteiger partial charge in [0.2, 0.25) is 5.91 Å². The number of hydrazine groups is 1. The minimum atomic E-state index is -0.419. The Balaban J connectivity index is 2.09. The lowest BCUT2D eigenvalue weighted by atomic mass is 10.1. The molecule has 0 spiro atoms. The predicted molar refractivity (Wildman–Crippen MR) is 81.9 cm³/mol. The number of carbonyl (C=O) groups excluding carboxylic acids is 3. The first-order valence-electron chi connectivity index (χ1n) is 6.10. The van der Waals surface area contributed by atoms with Crippen LogP contribution in [0, 0.1) is 0 Å². The number of benzene rings is 1. The van der Waals surface area contributed by atoms with Crippen molar-refractivity contribution in [2.24, 2.45) is 5.84 Å². The van der Waals surface area contributed by atoms with Crippen molar-refractivity contribution in [3.8, 4) is 0 Å². The van der Waals surface area contributed by atoms with Crippen molar-refractivity contribution >= 4 is 50.2 Å². The van der Waals surface area contributed by atoms with Crippen LogP contribution in [0.5, 0.6) is 0 Å². The number of nitrogens with one attached hydrogen (secondary N) is 1. The van der Waals surface area contributed by atoms with Crippen molar-refractivity contribution < 1.29 is 14.4 Å². The van der Waals surface area contributed by atoms with Crippen molar-refractivity contribution in [1.82, 2.24) is 10.3 Å². The maximum Gasteiger partial charge on any atom is 0.289 e. The molecule has 3 N–H and O–H groups in total. The Labute approximate surface area is 128 Å². The van der Waals surface area contributed by atoms with Gasteiger partial charge >= 0.3 is 0 Å². The molecule has 108 valence electrons. The maximum absolute atomic E-state index is 11.9. The Bertz CT molecular complexity index is 740. The molecule has 2 heterocycles. The molecule has 6 nitrogen and oxygen atoms in total. The first-order chi connectivity index (χ1) is 10.1. The first-order valence-corrected chi connectivity index (χ1v) is 7.90. The van der Waals surface area contributed by atoms with Gasteiger partial charge in [0.05, 0.1) is 17.2 Å². The number of carbonyl (C=O) groups is 3. The topological polar surface area (TPSA) is 92.5 Å². The highest BCUT2D eigenvalue weighted by atomic mass is 32.2. The Morgan fingerprint density at radius 1 is 1.33 bits per heavy atom. The van der Waals surface area contributed by atoms with Crippen LogP contribution in [0.15, 0.2) is 24.3 Å². The van der Waals surface area contributed by atoms with Gasteiger partial charge in [0.1, 0.15) is 0 Å². The van der Waals surface area contributed by atoms with Gasteiger partial charge in [-0.3, -0.25) is 24.7 Å². The molecule has 2 aromatic rings. The van der Waals surface area contributed by atoms with Gasteiger partial charge in [-0.15, -0.1) is 11.3 Å². The van der Waals surface area contributed by atoms with Crippen molar-refractivity contribution in [3.63, 3.8) is 0 Å². The number of nitrogen functional groups attached to an aromatic ring is 1. The normalized spacial score (nSPS) is 15.0. The summed E-state index contributed by atoms with van der Waals surface area (Å²) in [6, 6.07) is 7.48. The molecule has 3 amide bonds. The SMILES string of the molecule is NNC(=O)c1sc2ccccc2c1CN1C(=O)CSC1=O. The number of imide groups is 1. The van der Waals surface area contributed by atoms with Crippen LogP contribution in [0.4, 0.5) is 4.79 Å². The second kappa shape index (κ2) is 5.47. The summed E-state index contributed by atoms with van der Waals surface area (Å²) in [4.78, 5) is 37.0. The summed E-state index contributed by atoms with van der Waals surface area (Å²) >= 11 is 2.27. The van der Waals surface area contributed by atoms with E-state index in [9.17, 15) is 14.4 Å². The van der Waals surface area contributed by atoms with Crippen LogP contribution in [0.3, 0.4) is 0 Å². The van der Waals surface area contributed by atoms with E-state index in [1.165, 1.54) is 16.2 Å². The van der Waals surface area contributed by atoms with Crippen molar-refractivity contribution in [2.75, 3.05) is 5.75 Å². The minimum Gasteiger partial charge on any atom is -0.289 e. The number of nitrogens with two attached hydrogens (primary N) is 1. The fourth-order valence-corrected chi connectivity index (χ4v) is 4.04. The van der Waals surface area contributed by atoms with Gasteiger partial charge in [-0.1, -0.05) is 30.0 Å². The van der Waals surface area contributed by atoms with E-state index in [1.54, 1.807) is 0 Å². The average molecular weight is 321 g/mol. The van der Waals surface area contributed by atoms with Crippen LogP contribution >= 0.6 is 23.1 Å². The Hall–Kier alpha value is -1.90.